The maximum atomic E-state index is 12.2. The van der Waals surface area contributed by atoms with Crippen molar-refractivity contribution >= 4 is 11.8 Å². The van der Waals surface area contributed by atoms with Gasteiger partial charge in [0.05, 0.1) is 13.7 Å². The Labute approximate surface area is 153 Å². The fraction of sp³-hybridized carbons (Fsp3) is 0.300. The lowest BCUT2D eigenvalue weighted by molar-refractivity contribution is -0.122. The third kappa shape index (κ3) is 5.24. The van der Waals surface area contributed by atoms with Crippen molar-refractivity contribution < 1.29 is 19.1 Å². The lowest BCUT2D eigenvalue weighted by Gasteiger charge is -2.13. The molecule has 1 atom stereocenters. The van der Waals surface area contributed by atoms with Crippen LogP contribution >= 0.6 is 0 Å². The molecule has 2 aromatic rings. The van der Waals surface area contributed by atoms with Crippen molar-refractivity contribution in [2.75, 3.05) is 13.7 Å². The first-order valence-electron chi connectivity index (χ1n) is 8.50. The molecule has 0 unspecified atom stereocenters. The lowest BCUT2D eigenvalue weighted by Crippen LogP contribution is -2.42. The Morgan fingerprint density at radius 1 is 1.04 bits per heavy atom. The normalized spacial score (nSPS) is 11.3. The average molecular weight is 356 g/mol. The number of carbonyl (C=O) groups is 2. The zero-order valence-electron chi connectivity index (χ0n) is 15.2. The van der Waals surface area contributed by atoms with E-state index in [9.17, 15) is 9.59 Å². The van der Waals surface area contributed by atoms with Crippen LogP contribution in [0.15, 0.2) is 48.5 Å². The summed E-state index contributed by atoms with van der Waals surface area (Å²) in [5.41, 5.74) is 6.31. The quantitative estimate of drug-likeness (QED) is 0.748. The van der Waals surface area contributed by atoms with Crippen molar-refractivity contribution in [2.24, 2.45) is 0 Å². The van der Waals surface area contributed by atoms with E-state index >= 15 is 0 Å². The smallest absolute Gasteiger partial charge is 0.269 e. The Morgan fingerprint density at radius 3 is 2.42 bits per heavy atom. The van der Waals surface area contributed by atoms with E-state index in [0.29, 0.717) is 23.7 Å². The van der Waals surface area contributed by atoms with Gasteiger partial charge in [0.15, 0.2) is 11.5 Å². The van der Waals surface area contributed by atoms with Gasteiger partial charge in [-0.05, 0) is 36.6 Å². The zero-order valence-corrected chi connectivity index (χ0v) is 15.2. The summed E-state index contributed by atoms with van der Waals surface area (Å²) < 4.78 is 10.6. The van der Waals surface area contributed by atoms with Gasteiger partial charge in [-0.25, -0.2) is 0 Å². The zero-order chi connectivity index (χ0) is 18.9. The van der Waals surface area contributed by atoms with Crippen molar-refractivity contribution in [3.05, 3.63) is 59.7 Å². The minimum atomic E-state index is -0.424. The van der Waals surface area contributed by atoms with Crippen LogP contribution in [-0.4, -0.2) is 25.5 Å². The van der Waals surface area contributed by atoms with Crippen molar-refractivity contribution in [3.63, 3.8) is 0 Å². The van der Waals surface area contributed by atoms with Gasteiger partial charge in [0, 0.05) is 12.0 Å². The topological polar surface area (TPSA) is 76.7 Å². The number of hydrogen-bond acceptors (Lipinski definition) is 4. The van der Waals surface area contributed by atoms with E-state index in [-0.39, 0.29) is 18.2 Å². The number of ether oxygens (including phenoxy) is 2. The van der Waals surface area contributed by atoms with E-state index in [4.69, 9.17) is 9.47 Å². The van der Waals surface area contributed by atoms with Gasteiger partial charge in [-0.15, -0.1) is 0 Å². The second kappa shape index (κ2) is 9.46. The summed E-state index contributed by atoms with van der Waals surface area (Å²) >= 11 is 0. The minimum absolute atomic E-state index is 0.0543. The predicted molar refractivity (Wildman–Crippen MR) is 99.2 cm³/mol. The molecule has 0 aliphatic rings. The maximum Gasteiger partial charge on any atom is 0.269 e. The fourth-order valence-corrected chi connectivity index (χ4v) is 2.51. The standard InChI is InChI=1S/C20H24N2O4/c1-4-26-17-11-10-16(13-18(17)25-3)20(24)22-21-19(23)12-14(2)15-8-6-5-7-9-15/h5-11,13-14H,4,12H2,1-3H3,(H,21,23)(H,22,24)/t14-/m0/s1. The Balaban J connectivity index is 1.90. The molecular weight excluding hydrogens is 332 g/mol. The molecule has 0 spiro atoms. The Hall–Kier alpha value is -3.02. The molecular formula is C20H24N2O4. The van der Waals surface area contributed by atoms with Gasteiger partial charge in [-0.2, -0.15) is 0 Å². The van der Waals surface area contributed by atoms with E-state index < -0.39 is 5.91 Å². The highest BCUT2D eigenvalue weighted by molar-refractivity contribution is 5.96. The average Bonchev–Trinajstić information content (AvgIpc) is 2.67. The first-order valence-corrected chi connectivity index (χ1v) is 8.50. The van der Waals surface area contributed by atoms with Crippen molar-refractivity contribution in [1.82, 2.24) is 10.9 Å². The van der Waals surface area contributed by atoms with Crippen LogP contribution in [0, 0.1) is 0 Å². The first kappa shape index (κ1) is 19.3. The summed E-state index contributed by atoms with van der Waals surface area (Å²) in [4.78, 5) is 24.3. The van der Waals surface area contributed by atoms with Gasteiger partial charge in [-0.3, -0.25) is 20.4 Å². The van der Waals surface area contributed by atoms with Gasteiger partial charge in [0.25, 0.3) is 5.91 Å². The molecule has 0 bridgehead atoms. The highest BCUT2D eigenvalue weighted by Gasteiger charge is 2.14. The SMILES string of the molecule is CCOc1ccc(C(=O)NNC(=O)C[C@H](C)c2ccccc2)cc1OC. The number of hydrazine groups is 1. The number of amides is 2. The predicted octanol–water partition coefficient (Wildman–Crippen LogP) is 3.05. The molecule has 2 N–H and O–H groups in total. The number of nitrogens with one attached hydrogen (secondary N) is 2. The van der Waals surface area contributed by atoms with Crippen molar-refractivity contribution in [2.45, 2.75) is 26.2 Å². The van der Waals surface area contributed by atoms with Crippen molar-refractivity contribution in [3.8, 4) is 11.5 Å². The number of carbonyl (C=O) groups excluding carboxylic acids is 2. The van der Waals surface area contributed by atoms with Crippen LogP contribution in [0.2, 0.25) is 0 Å². The third-order valence-electron chi connectivity index (χ3n) is 3.90. The molecule has 138 valence electrons. The summed E-state index contributed by atoms with van der Waals surface area (Å²) in [6, 6.07) is 14.6. The van der Waals surface area contributed by atoms with Gasteiger partial charge in [0.2, 0.25) is 5.91 Å². The van der Waals surface area contributed by atoms with Crippen molar-refractivity contribution in [1.29, 1.82) is 0 Å². The van der Waals surface area contributed by atoms with E-state index in [1.807, 2.05) is 44.2 Å². The van der Waals surface area contributed by atoms with Crippen LogP contribution in [0.1, 0.15) is 42.1 Å². The van der Waals surface area contributed by atoms with Crippen LogP contribution in [0.3, 0.4) is 0 Å². The van der Waals surface area contributed by atoms with Crippen LogP contribution in [0.25, 0.3) is 0 Å². The number of benzene rings is 2. The second-order valence-corrected chi connectivity index (χ2v) is 5.82. The van der Waals surface area contributed by atoms with Gasteiger partial charge in [-0.1, -0.05) is 37.3 Å². The Morgan fingerprint density at radius 2 is 1.77 bits per heavy atom. The number of hydrogen-bond donors (Lipinski definition) is 2. The van der Waals surface area contributed by atoms with Crippen LogP contribution in [-0.2, 0) is 4.79 Å². The molecule has 0 radical (unpaired) electrons. The second-order valence-electron chi connectivity index (χ2n) is 5.82. The molecule has 26 heavy (non-hydrogen) atoms. The van der Waals surface area contributed by atoms with E-state index in [2.05, 4.69) is 10.9 Å². The van der Waals surface area contributed by atoms with E-state index in [0.717, 1.165) is 5.56 Å². The van der Waals surface area contributed by atoms with Gasteiger partial charge in [0.1, 0.15) is 0 Å². The highest BCUT2D eigenvalue weighted by Crippen LogP contribution is 2.27. The van der Waals surface area contributed by atoms with Crippen LogP contribution in [0.5, 0.6) is 11.5 Å². The third-order valence-corrected chi connectivity index (χ3v) is 3.90. The summed E-state index contributed by atoms with van der Waals surface area (Å²) in [5.74, 6) is 0.397. The highest BCUT2D eigenvalue weighted by atomic mass is 16.5. The van der Waals surface area contributed by atoms with E-state index in [1.54, 1.807) is 18.2 Å². The lowest BCUT2D eigenvalue weighted by atomic mass is 9.98. The summed E-state index contributed by atoms with van der Waals surface area (Å²) in [6.45, 7) is 4.33. The molecule has 0 saturated carbocycles. The molecule has 0 heterocycles. The summed E-state index contributed by atoms with van der Waals surface area (Å²) in [5, 5.41) is 0. The van der Waals surface area contributed by atoms with Crippen LogP contribution < -0.4 is 20.3 Å². The molecule has 6 heteroatoms. The monoisotopic (exact) mass is 356 g/mol. The fourth-order valence-electron chi connectivity index (χ4n) is 2.51. The summed E-state index contributed by atoms with van der Waals surface area (Å²) in [6.07, 6.45) is 0.275. The largest absolute Gasteiger partial charge is 0.493 e. The molecule has 0 saturated heterocycles. The molecule has 2 rings (SSSR count). The number of methoxy groups -OCH3 is 1. The summed E-state index contributed by atoms with van der Waals surface area (Å²) in [7, 11) is 1.51. The Bertz CT molecular complexity index is 747. The first-order chi connectivity index (χ1) is 12.5. The molecule has 0 aliphatic heterocycles. The van der Waals surface area contributed by atoms with E-state index in [1.165, 1.54) is 7.11 Å². The van der Waals surface area contributed by atoms with Gasteiger partial charge < -0.3 is 9.47 Å². The minimum Gasteiger partial charge on any atom is -0.493 e. The molecule has 2 aromatic carbocycles. The molecule has 0 aliphatic carbocycles. The number of rotatable bonds is 7. The van der Waals surface area contributed by atoms with Crippen LogP contribution in [0.4, 0.5) is 0 Å². The molecule has 0 fully saturated rings. The molecule has 2 amide bonds. The molecule has 6 nitrogen and oxygen atoms in total. The maximum absolute atomic E-state index is 12.2. The Kier molecular flexibility index (Phi) is 7.02. The van der Waals surface area contributed by atoms with Gasteiger partial charge >= 0.3 is 0 Å². The molecule has 0 aromatic heterocycles.